The monoisotopic (exact) mass is 412 g/mol. The van der Waals surface area contributed by atoms with E-state index >= 15 is 0 Å². The normalized spacial score (nSPS) is 15.7. The van der Waals surface area contributed by atoms with Crippen LogP contribution in [0.15, 0.2) is 46.1 Å². The number of furan rings is 1. The first-order valence-corrected chi connectivity index (χ1v) is 10.6. The Hall–Kier alpha value is -2.87. The van der Waals surface area contributed by atoms with Gasteiger partial charge >= 0.3 is 0 Å². The SMILES string of the molecule is CN=C(NCCCNC(=O)c1occc1C)NC1CCN(Cc2ccccn2)CC1. The number of aliphatic imine (C=N–C) groups is 1. The molecule has 0 bridgehead atoms. The van der Waals surface area contributed by atoms with Crippen LogP contribution in [0.25, 0.3) is 0 Å². The molecule has 2 aromatic rings. The lowest BCUT2D eigenvalue weighted by Gasteiger charge is -2.32. The van der Waals surface area contributed by atoms with Crippen LogP contribution in [-0.4, -0.2) is 61.0 Å². The molecule has 0 saturated carbocycles. The second kappa shape index (κ2) is 11.3. The number of nitrogens with one attached hydrogen (secondary N) is 3. The van der Waals surface area contributed by atoms with E-state index in [4.69, 9.17) is 4.42 Å². The van der Waals surface area contributed by atoms with Crippen LogP contribution < -0.4 is 16.0 Å². The fourth-order valence-electron chi connectivity index (χ4n) is 3.53. The zero-order valence-electron chi connectivity index (χ0n) is 17.9. The second-order valence-corrected chi connectivity index (χ2v) is 7.56. The Kier molecular flexibility index (Phi) is 8.26. The predicted octanol–water partition coefficient (Wildman–Crippen LogP) is 1.93. The summed E-state index contributed by atoms with van der Waals surface area (Å²) in [6.07, 6.45) is 6.33. The molecule has 8 heteroatoms. The smallest absolute Gasteiger partial charge is 0.287 e. The van der Waals surface area contributed by atoms with Crippen LogP contribution in [0, 0.1) is 6.92 Å². The molecule has 2 aromatic heterocycles. The Labute approximate surface area is 178 Å². The van der Waals surface area contributed by atoms with Crippen LogP contribution in [0.2, 0.25) is 0 Å². The fourth-order valence-corrected chi connectivity index (χ4v) is 3.53. The molecule has 0 atom stereocenters. The lowest BCUT2D eigenvalue weighted by Crippen LogP contribution is -2.48. The summed E-state index contributed by atoms with van der Waals surface area (Å²) in [6, 6.07) is 8.27. The highest BCUT2D eigenvalue weighted by Crippen LogP contribution is 2.13. The van der Waals surface area contributed by atoms with Crippen molar-refractivity contribution in [2.24, 2.45) is 4.99 Å². The Bertz CT molecular complexity index is 812. The first-order chi connectivity index (χ1) is 14.7. The standard InChI is InChI=1S/C22H32N6O2/c1-17-9-15-30-20(17)21(29)25-11-5-12-26-22(23-2)27-18-7-13-28(14-8-18)16-19-6-3-4-10-24-19/h3-4,6,9-10,15,18H,5,7-8,11-14,16H2,1-2H3,(H,25,29)(H2,23,26,27). The van der Waals surface area contributed by atoms with Crippen LogP contribution in [0.4, 0.5) is 0 Å². The van der Waals surface area contributed by atoms with E-state index in [1.54, 1.807) is 13.1 Å². The largest absolute Gasteiger partial charge is 0.459 e. The highest BCUT2D eigenvalue weighted by molar-refractivity contribution is 5.92. The van der Waals surface area contributed by atoms with Crippen LogP contribution >= 0.6 is 0 Å². The highest BCUT2D eigenvalue weighted by Gasteiger charge is 2.20. The average Bonchev–Trinajstić information content (AvgIpc) is 3.20. The molecular weight excluding hydrogens is 380 g/mol. The molecule has 30 heavy (non-hydrogen) atoms. The molecule has 0 aliphatic carbocycles. The second-order valence-electron chi connectivity index (χ2n) is 7.56. The molecule has 3 N–H and O–H groups in total. The Morgan fingerprint density at radius 3 is 2.70 bits per heavy atom. The number of hydrogen-bond donors (Lipinski definition) is 3. The third-order valence-electron chi connectivity index (χ3n) is 5.26. The first-order valence-electron chi connectivity index (χ1n) is 10.6. The van der Waals surface area contributed by atoms with Crippen molar-refractivity contribution >= 4 is 11.9 Å². The number of rotatable bonds is 8. The topological polar surface area (TPSA) is 94.8 Å². The van der Waals surface area contributed by atoms with Gasteiger partial charge in [0.25, 0.3) is 5.91 Å². The van der Waals surface area contributed by atoms with Crippen LogP contribution in [-0.2, 0) is 6.54 Å². The minimum absolute atomic E-state index is 0.169. The lowest BCUT2D eigenvalue weighted by atomic mass is 10.0. The van der Waals surface area contributed by atoms with Crippen molar-refractivity contribution in [2.45, 2.75) is 38.8 Å². The van der Waals surface area contributed by atoms with E-state index in [9.17, 15) is 4.79 Å². The molecular formula is C22H32N6O2. The van der Waals surface area contributed by atoms with Crippen molar-refractivity contribution in [3.05, 3.63) is 53.7 Å². The van der Waals surface area contributed by atoms with E-state index in [1.165, 1.54) is 6.26 Å². The molecule has 0 radical (unpaired) electrons. The van der Waals surface area contributed by atoms with Crippen molar-refractivity contribution < 1.29 is 9.21 Å². The molecule has 1 saturated heterocycles. The molecule has 1 aliphatic rings. The van der Waals surface area contributed by atoms with Crippen molar-refractivity contribution in [3.63, 3.8) is 0 Å². The minimum atomic E-state index is -0.169. The number of aromatic nitrogens is 1. The third kappa shape index (κ3) is 6.59. The van der Waals surface area contributed by atoms with Gasteiger partial charge in [0.2, 0.25) is 0 Å². The van der Waals surface area contributed by atoms with Crippen molar-refractivity contribution in [3.8, 4) is 0 Å². The molecule has 1 amide bonds. The van der Waals surface area contributed by atoms with Crippen LogP contribution in [0.3, 0.4) is 0 Å². The van der Waals surface area contributed by atoms with Gasteiger partial charge < -0.3 is 20.4 Å². The summed E-state index contributed by atoms with van der Waals surface area (Å²) in [7, 11) is 1.78. The highest BCUT2D eigenvalue weighted by atomic mass is 16.3. The summed E-state index contributed by atoms with van der Waals surface area (Å²) < 4.78 is 5.20. The number of likely N-dealkylation sites (tertiary alicyclic amines) is 1. The molecule has 0 spiro atoms. The minimum Gasteiger partial charge on any atom is -0.459 e. The summed E-state index contributed by atoms with van der Waals surface area (Å²) in [4.78, 5) is 23.2. The molecule has 3 heterocycles. The van der Waals surface area contributed by atoms with Gasteiger partial charge in [0, 0.05) is 57.6 Å². The quantitative estimate of drug-likeness (QED) is 0.348. The van der Waals surface area contributed by atoms with Gasteiger partial charge in [-0.25, -0.2) is 0 Å². The molecule has 1 fully saturated rings. The molecule has 0 aromatic carbocycles. The number of aryl methyl sites for hydroxylation is 1. The molecule has 3 rings (SSSR count). The predicted molar refractivity (Wildman–Crippen MR) is 117 cm³/mol. The number of pyridine rings is 1. The van der Waals surface area contributed by atoms with E-state index < -0.39 is 0 Å². The Morgan fingerprint density at radius 1 is 1.23 bits per heavy atom. The van der Waals surface area contributed by atoms with Gasteiger partial charge in [-0.15, -0.1) is 0 Å². The van der Waals surface area contributed by atoms with Gasteiger partial charge in [-0.05, 0) is 44.4 Å². The van der Waals surface area contributed by atoms with Gasteiger partial charge in [0.05, 0.1) is 12.0 Å². The zero-order chi connectivity index (χ0) is 21.2. The summed E-state index contributed by atoms with van der Waals surface area (Å²) in [5, 5.41) is 9.72. The van der Waals surface area contributed by atoms with Gasteiger partial charge in [0.15, 0.2) is 11.7 Å². The summed E-state index contributed by atoms with van der Waals surface area (Å²) in [5.74, 6) is 1.03. The van der Waals surface area contributed by atoms with Gasteiger partial charge in [-0.1, -0.05) is 6.07 Å². The number of piperidine rings is 1. The van der Waals surface area contributed by atoms with E-state index in [0.717, 1.165) is 62.7 Å². The van der Waals surface area contributed by atoms with Crippen LogP contribution in [0.1, 0.15) is 41.1 Å². The average molecular weight is 413 g/mol. The molecule has 0 unspecified atom stereocenters. The summed E-state index contributed by atoms with van der Waals surface area (Å²) >= 11 is 0. The van der Waals surface area contributed by atoms with Crippen molar-refractivity contribution in [1.82, 2.24) is 25.8 Å². The third-order valence-corrected chi connectivity index (χ3v) is 5.26. The van der Waals surface area contributed by atoms with E-state index in [0.29, 0.717) is 18.3 Å². The van der Waals surface area contributed by atoms with E-state index in [-0.39, 0.29) is 5.91 Å². The Morgan fingerprint density at radius 2 is 2.03 bits per heavy atom. The maximum absolute atomic E-state index is 12.0. The zero-order valence-corrected chi connectivity index (χ0v) is 17.9. The van der Waals surface area contributed by atoms with Gasteiger partial charge in [-0.2, -0.15) is 0 Å². The number of amides is 1. The Balaban J connectivity index is 1.29. The number of carbonyl (C=O) groups excluding carboxylic acids is 1. The molecule has 1 aliphatic heterocycles. The van der Waals surface area contributed by atoms with Crippen molar-refractivity contribution in [2.75, 3.05) is 33.2 Å². The van der Waals surface area contributed by atoms with E-state index in [2.05, 4.69) is 36.9 Å². The fraction of sp³-hybridized carbons (Fsp3) is 0.500. The van der Waals surface area contributed by atoms with E-state index in [1.807, 2.05) is 25.3 Å². The van der Waals surface area contributed by atoms with Gasteiger partial charge in [0.1, 0.15) is 0 Å². The van der Waals surface area contributed by atoms with Crippen molar-refractivity contribution in [1.29, 1.82) is 0 Å². The number of hydrogen-bond acceptors (Lipinski definition) is 5. The lowest BCUT2D eigenvalue weighted by molar-refractivity contribution is 0.0925. The maximum Gasteiger partial charge on any atom is 0.287 e. The number of carbonyl (C=O) groups is 1. The molecule has 162 valence electrons. The van der Waals surface area contributed by atoms with Crippen LogP contribution in [0.5, 0.6) is 0 Å². The maximum atomic E-state index is 12.0. The number of guanidine groups is 1. The summed E-state index contributed by atoms with van der Waals surface area (Å²) in [5.41, 5.74) is 1.97. The summed E-state index contributed by atoms with van der Waals surface area (Å²) in [6.45, 7) is 6.17. The molecule has 8 nitrogen and oxygen atoms in total. The first kappa shape index (κ1) is 21.8. The van der Waals surface area contributed by atoms with Gasteiger partial charge in [-0.3, -0.25) is 19.7 Å². The number of nitrogens with zero attached hydrogens (tertiary/aromatic N) is 3.